The van der Waals surface area contributed by atoms with Gasteiger partial charge in [-0.1, -0.05) is 0 Å². The van der Waals surface area contributed by atoms with Crippen LogP contribution in [0.5, 0.6) is 0 Å². The summed E-state index contributed by atoms with van der Waals surface area (Å²) in [6.45, 7) is 0.752. The molecule has 15 heavy (non-hydrogen) atoms. The van der Waals surface area contributed by atoms with Gasteiger partial charge in [0.2, 0.25) is 0 Å². The molecule has 1 unspecified atom stereocenters. The van der Waals surface area contributed by atoms with Crippen molar-refractivity contribution < 1.29 is 14.3 Å². The smallest absolute Gasteiger partial charge is 0.356 e. The number of carbonyl (C=O) groups is 1. The van der Waals surface area contributed by atoms with Gasteiger partial charge in [0.05, 0.1) is 18.9 Å². The van der Waals surface area contributed by atoms with Crippen molar-refractivity contribution in [3.63, 3.8) is 0 Å². The molecule has 5 nitrogen and oxygen atoms in total. The summed E-state index contributed by atoms with van der Waals surface area (Å²) < 4.78 is 10.0. The van der Waals surface area contributed by atoms with Crippen molar-refractivity contribution in [1.29, 1.82) is 0 Å². The largest absolute Gasteiger partial charge is 0.464 e. The van der Waals surface area contributed by atoms with Crippen LogP contribution in [0.2, 0.25) is 0 Å². The van der Waals surface area contributed by atoms with Crippen LogP contribution in [-0.2, 0) is 9.47 Å². The fourth-order valence-electron chi connectivity index (χ4n) is 1.58. The Morgan fingerprint density at radius 1 is 1.60 bits per heavy atom. The predicted molar refractivity (Wildman–Crippen MR) is 51.3 cm³/mol. The van der Waals surface area contributed by atoms with Gasteiger partial charge in [0.25, 0.3) is 0 Å². The molecule has 80 valence electrons. The summed E-state index contributed by atoms with van der Waals surface area (Å²) >= 11 is 0. The van der Waals surface area contributed by atoms with Crippen LogP contribution < -0.4 is 0 Å². The average Bonchev–Trinajstić information content (AvgIpc) is 2.82. The monoisotopic (exact) mass is 208 g/mol. The lowest BCUT2D eigenvalue weighted by atomic mass is 10.1. The first-order chi connectivity index (χ1) is 7.31. The molecule has 1 aliphatic rings. The zero-order valence-electron chi connectivity index (χ0n) is 8.47. The molecule has 0 aromatic carbocycles. The van der Waals surface area contributed by atoms with Crippen LogP contribution in [0.15, 0.2) is 12.4 Å². The number of rotatable bonds is 2. The van der Waals surface area contributed by atoms with Gasteiger partial charge in [-0.3, -0.25) is 0 Å². The Hall–Kier alpha value is -1.49. The summed E-state index contributed by atoms with van der Waals surface area (Å²) in [4.78, 5) is 19.2. The summed E-state index contributed by atoms with van der Waals surface area (Å²) in [7, 11) is 1.33. The number of ether oxygens (including phenoxy) is 2. The van der Waals surface area contributed by atoms with Gasteiger partial charge in [-0.15, -0.1) is 0 Å². The molecule has 0 radical (unpaired) electrons. The van der Waals surface area contributed by atoms with E-state index in [9.17, 15) is 4.79 Å². The summed E-state index contributed by atoms with van der Waals surface area (Å²) in [6.07, 6.45) is 3.33. The van der Waals surface area contributed by atoms with Crippen LogP contribution in [0.3, 0.4) is 0 Å². The maximum Gasteiger partial charge on any atom is 0.356 e. The number of aromatic nitrogens is 2. The molecular weight excluding hydrogens is 196 g/mol. The summed E-state index contributed by atoms with van der Waals surface area (Å²) in [5.41, 5.74) is 1.03. The second-order valence-corrected chi connectivity index (χ2v) is 3.32. The molecule has 2 heterocycles. The molecule has 0 bridgehead atoms. The molecule has 1 aromatic rings. The maximum absolute atomic E-state index is 11.2. The standard InChI is InChI=1S/C10H12N2O3/c1-14-10(13)8-5-7(11-6-12-8)9-3-2-4-15-9/h5-6,9H,2-4H2,1H3. The fourth-order valence-corrected chi connectivity index (χ4v) is 1.58. The van der Waals surface area contributed by atoms with Gasteiger partial charge in [0.1, 0.15) is 6.33 Å². The minimum absolute atomic E-state index is 0.00333. The van der Waals surface area contributed by atoms with E-state index in [0.29, 0.717) is 0 Å². The highest BCUT2D eigenvalue weighted by atomic mass is 16.5. The first-order valence-corrected chi connectivity index (χ1v) is 4.83. The van der Waals surface area contributed by atoms with Gasteiger partial charge in [0.15, 0.2) is 5.69 Å². The number of esters is 1. The van der Waals surface area contributed by atoms with E-state index in [2.05, 4.69) is 14.7 Å². The SMILES string of the molecule is COC(=O)c1cc(C2CCCO2)ncn1. The molecule has 0 spiro atoms. The third kappa shape index (κ3) is 2.12. The topological polar surface area (TPSA) is 61.3 Å². The average molecular weight is 208 g/mol. The Kier molecular flexibility index (Phi) is 2.91. The van der Waals surface area contributed by atoms with Crippen LogP contribution in [0, 0.1) is 0 Å². The number of carbonyl (C=O) groups excluding carboxylic acids is 1. The van der Waals surface area contributed by atoms with E-state index in [1.54, 1.807) is 6.07 Å². The molecule has 1 aliphatic heterocycles. The van der Waals surface area contributed by atoms with Crippen molar-refractivity contribution in [2.75, 3.05) is 13.7 Å². The molecule has 2 rings (SSSR count). The Balaban J connectivity index is 2.21. The predicted octanol–water partition coefficient (Wildman–Crippen LogP) is 1.11. The second-order valence-electron chi connectivity index (χ2n) is 3.32. The van der Waals surface area contributed by atoms with Crippen LogP contribution >= 0.6 is 0 Å². The summed E-state index contributed by atoms with van der Waals surface area (Å²) in [6, 6.07) is 1.63. The Labute approximate surface area is 87.4 Å². The minimum Gasteiger partial charge on any atom is -0.464 e. The summed E-state index contributed by atoms with van der Waals surface area (Å²) in [5, 5.41) is 0. The van der Waals surface area contributed by atoms with Gasteiger partial charge >= 0.3 is 5.97 Å². The van der Waals surface area contributed by atoms with Gasteiger partial charge in [0, 0.05) is 6.61 Å². The highest BCUT2D eigenvalue weighted by molar-refractivity contribution is 5.87. The van der Waals surface area contributed by atoms with Crippen LogP contribution in [0.25, 0.3) is 0 Å². The van der Waals surface area contributed by atoms with E-state index in [0.717, 1.165) is 25.1 Å². The molecule has 1 atom stereocenters. The molecule has 0 saturated carbocycles. The van der Waals surface area contributed by atoms with E-state index in [1.165, 1.54) is 13.4 Å². The quantitative estimate of drug-likeness (QED) is 0.681. The molecule has 0 aliphatic carbocycles. The highest BCUT2D eigenvalue weighted by Gasteiger charge is 2.20. The van der Waals surface area contributed by atoms with E-state index < -0.39 is 5.97 Å². The van der Waals surface area contributed by atoms with Crippen molar-refractivity contribution >= 4 is 5.97 Å². The number of nitrogens with zero attached hydrogens (tertiary/aromatic N) is 2. The van der Waals surface area contributed by atoms with Gasteiger partial charge < -0.3 is 9.47 Å². The van der Waals surface area contributed by atoms with Crippen molar-refractivity contribution in [2.24, 2.45) is 0 Å². The van der Waals surface area contributed by atoms with Crippen molar-refractivity contribution in [1.82, 2.24) is 9.97 Å². The maximum atomic E-state index is 11.2. The third-order valence-corrected chi connectivity index (χ3v) is 2.34. The van der Waals surface area contributed by atoms with Gasteiger partial charge in [-0.2, -0.15) is 0 Å². The second kappa shape index (κ2) is 4.35. The minimum atomic E-state index is -0.448. The van der Waals surface area contributed by atoms with Crippen LogP contribution in [0.4, 0.5) is 0 Å². The normalized spacial score (nSPS) is 20.2. The molecule has 1 aromatic heterocycles. The van der Waals surface area contributed by atoms with Crippen molar-refractivity contribution in [3.05, 3.63) is 23.8 Å². The molecule has 5 heteroatoms. The van der Waals surface area contributed by atoms with Crippen LogP contribution in [0.1, 0.15) is 35.1 Å². The lowest BCUT2D eigenvalue weighted by Gasteiger charge is -2.08. The lowest BCUT2D eigenvalue weighted by Crippen LogP contribution is -2.08. The Morgan fingerprint density at radius 3 is 3.13 bits per heavy atom. The van der Waals surface area contributed by atoms with Crippen molar-refractivity contribution in [2.45, 2.75) is 18.9 Å². The molecule has 1 fully saturated rings. The van der Waals surface area contributed by atoms with E-state index in [4.69, 9.17) is 4.74 Å². The van der Waals surface area contributed by atoms with Gasteiger partial charge in [-0.25, -0.2) is 14.8 Å². The van der Waals surface area contributed by atoms with Gasteiger partial charge in [-0.05, 0) is 18.9 Å². The number of methoxy groups -OCH3 is 1. The van der Waals surface area contributed by atoms with Crippen molar-refractivity contribution in [3.8, 4) is 0 Å². The fraction of sp³-hybridized carbons (Fsp3) is 0.500. The van der Waals surface area contributed by atoms with Crippen LogP contribution in [-0.4, -0.2) is 29.7 Å². The van der Waals surface area contributed by atoms with E-state index >= 15 is 0 Å². The molecule has 0 N–H and O–H groups in total. The molecular formula is C10H12N2O3. The molecule has 0 amide bonds. The number of hydrogen-bond donors (Lipinski definition) is 0. The molecule has 1 saturated heterocycles. The lowest BCUT2D eigenvalue weighted by molar-refractivity contribution is 0.0592. The summed E-state index contributed by atoms with van der Waals surface area (Å²) in [5.74, 6) is -0.448. The van der Waals surface area contributed by atoms with E-state index in [-0.39, 0.29) is 11.8 Å². The highest BCUT2D eigenvalue weighted by Crippen LogP contribution is 2.26. The zero-order valence-corrected chi connectivity index (χ0v) is 8.47. The van der Waals surface area contributed by atoms with E-state index in [1.807, 2.05) is 0 Å². The number of hydrogen-bond acceptors (Lipinski definition) is 5. The Morgan fingerprint density at radius 2 is 2.47 bits per heavy atom. The third-order valence-electron chi connectivity index (χ3n) is 2.34. The first-order valence-electron chi connectivity index (χ1n) is 4.83. The Bertz CT molecular complexity index is 361. The first kappa shape index (κ1) is 10.0. The zero-order chi connectivity index (χ0) is 10.7.